The second kappa shape index (κ2) is 13.2. The van der Waals surface area contributed by atoms with Gasteiger partial charge >= 0.3 is 139 Å². The van der Waals surface area contributed by atoms with Gasteiger partial charge in [0.25, 0.3) is 0 Å². The zero-order valence-electron chi connectivity index (χ0n) is 7.33. The van der Waals surface area contributed by atoms with Crippen molar-refractivity contribution in [1.29, 1.82) is 0 Å². The molecule has 0 aliphatic heterocycles. The maximum absolute atomic E-state index is 10.7. The molecular formula is H10KLi3O13P4. The standard InChI is InChI=1S/K.3Li.H6O13P4.4H/c;;;;1-14(2,3)11-16(7,8)13-17(9,10)12-15(4,5)6;;;;/h;;;;(H,7,8)(H,9,10)(H2,1,2,3)(H2,4,5,6);;;;. The average molecular weight is 402 g/mol. The van der Waals surface area contributed by atoms with Crippen LogP contribution in [-0.2, 0) is 31.2 Å². The molecule has 0 radical (unpaired) electrons. The van der Waals surface area contributed by atoms with E-state index in [-0.39, 0.29) is 108 Å². The molecule has 112 valence electrons. The molecule has 0 rings (SSSR count). The van der Waals surface area contributed by atoms with Gasteiger partial charge in [0, 0.05) is 0 Å². The van der Waals surface area contributed by atoms with Crippen LogP contribution in [0.15, 0.2) is 0 Å². The summed E-state index contributed by atoms with van der Waals surface area (Å²) in [4.78, 5) is 49.4. The van der Waals surface area contributed by atoms with Gasteiger partial charge < -0.3 is 29.4 Å². The van der Waals surface area contributed by atoms with Crippen LogP contribution in [0.2, 0.25) is 0 Å². The van der Waals surface area contributed by atoms with Crippen molar-refractivity contribution >= 4 is 139 Å². The molecule has 2 atom stereocenters. The van der Waals surface area contributed by atoms with Crippen LogP contribution < -0.4 is 0 Å². The summed E-state index contributed by atoms with van der Waals surface area (Å²) in [6.45, 7) is 0. The molecule has 0 spiro atoms. The van der Waals surface area contributed by atoms with Crippen molar-refractivity contribution in [2.75, 3.05) is 0 Å². The monoisotopic (exact) mass is 402 g/mol. The Hall–Kier alpha value is 3.99. The van der Waals surface area contributed by atoms with E-state index in [4.69, 9.17) is 29.4 Å². The molecule has 0 aliphatic rings. The second-order valence-corrected chi connectivity index (χ2v) is 7.96. The van der Waals surface area contributed by atoms with Crippen molar-refractivity contribution in [3.63, 3.8) is 0 Å². The minimum absolute atomic E-state index is 0. The van der Waals surface area contributed by atoms with E-state index in [9.17, 15) is 18.3 Å². The van der Waals surface area contributed by atoms with E-state index in [1.54, 1.807) is 0 Å². The first kappa shape index (κ1) is 36.0. The molecular weight excluding hydrogens is 392 g/mol. The molecule has 0 aromatic carbocycles. The molecule has 0 aromatic heterocycles. The molecule has 0 saturated heterocycles. The Morgan fingerprint density at radius 3 is 0.857 bits per heavy atom. The summed E-state index contributed by atoms with van der Waals surface area (Å²) >= 11 is 0. The molecule has 2 unspecified atom stereocenters. The maximum atomic E-state index is 10.7. The van der Waals surface area contributed by atoms with E-state index in [0.717, 1.165) is 0 Å². The van der Waals surface area contributed by atoms with Crippen LogP contribution in [0.4, 0.5) is 0 Å². The number of phosphoric acid groups is 4. The van der Waals surface area contributed by atoms with Crippen LogP contribution >= 0.6 is 31.3 Å². The van der Waals surface area contributed by atoms with Crippen LogP contribution in [0, 0.1) is 0 Å². The fraction of sp³-hybridized carbons (Fsp3) is 0. The van der Waals surface area contributed by atoms with Crippen LogP contribution in [-0.4, -0.2) is 137 Å². The van der Waals surface area contributed by atoms with Crippen molar-refractivity contribution in [2.45, 2.75) is 0 Å². The Balaban J connectivity index is -0.000000213. The molecule has 21 heavy (non-hydrogen) atoms. The van der Waals surface area contributed by atoms with E-state index in [1.165, 1.54) is 0 Å². The van der Waals surface area contributed by atoms with Crippen LogP contribution in [0.1, 0.15) is 0 Å². The first-order valence-corrected chi connectivity index (χ1v) is 9.08. The molecule has 0 aliphatic carbocycles. The van der Waals surface area contributed by atoms with Crippen molar-refractivity contribution < 1.29 is 60.6 Å². The molecule has 0 heterocycles. The number of hydrogen-bond acceptors (Lipinski definition) is 7. The van der Waals surface area contributed by atoms with E-state index in [2.05, 4.69) is 12.9 Å². The number of rotatable bonds is 6. The summed E-state index contributed by atoms with van der Waals surface area (Å²) in [5, 5.41) is 0. The molecule has 0 fully saturated rings. The van der Waals surface area contributed by atoms with Crippen molar-refractivity contribution in [1.82, 2.24) is 0 Å². The minimum atomic E-state index is -5.77. The summed E-state index contributed by atoms with van der Waals surface area (Å²) < 4.78 is 50.9. The van der Waals surface area contributed by atoms with Gasteiger partial charge in [-0.05, 0) is 0 Å². The van der Waals surface area contributed by atoms with E-state index < -0.39 is 31.3 Å². The summed E-state index contributed by atoms with van der Waals surface area (Å²) in [5.74, 6) is 0. The van der Waals surface area contributed by atoms with Crippen LogP contribution in [0.5, 0.6) is 0 Å². The predicted octanol–water partition coefficient (Wildman–Crippen LogP) is -3.17. The quantitative estimate of drug-likeness (QED) is 0.191. The Morgan fingerprint density at radius 2 is 0.714 bits per heavy atom. The van der Waals surface area contributed by atoms with Crippen LogP contribution in [0.3, 0.4) is 0 Å². The Kier molecular flexibility index (Phi) is 22.6. The van der Waals surface area contributed by atoms with E-state index in [1.807, 2.05) is 0 Å². The Bertz CT molecular complexity index is 420. The van der Waals surface area contributed by atoms with Gasteiger partial charge in [-0.3, -0.25) is 0 Å². The van der Waals surface area contributed by atoms with Gasteiger partial charge in [-0.25, -0.2) is 18.3 Å². The summed E-state index contributed by atoms with van der Waals surface area (Å²) in [6.07, 6.45) is 0. The average Bonchev–Trinajstić information content (AvgIpc) is 1.65. The summed E-state index contributed by atoms with van der Waals surface area (Å²) in [5.41, 5.74) is 0. The molecule has 0 bridgehead atoms. The van der Waals surface area contributed by atoms with Gasteiger partial charge in [0.1, 0.15) is 0 Å². The van der Waals surface area contributed by atoms with Gasteiger partial charge in [0.2, 0.25) is 0 Å². The van der Waals surface area contributed by atoms with E-state index in [0.29, 0.717) is 0 Å². The third-order valence-electron chi connectivity index (χ3n) is 0.625. The normalized spacial score (nSPS) is 16.7. The zero-order valence-corrected chi connectivity index (χ0v) is 10.9. The Labute approximate surface area is 196 Å². The second-order valence-electron chi connectivity index (χ2n) is 2.16. The SMILES string of the molecule is O=P(O)(O)OP(=O)(O)OP(=O)(O)OP(=O)(O)O.[KH].[LiH].[LiH].[LiH]. The molecule has 21 heteroatoms. The number of hydrogen-bond donors (Lipinski definition) is 6. The Morgan fingerprint density at radius 1 is 0.524 bits per heavy atom. The van der Waals surface area contributed by atoms with Crippen molar-refractivity contribution in [3.05, 3.63) is 0 Å². The third-order valence-corrected chi connectivity index (χ3v) is 5.63. The van der Waals surface area contributed by atoms with Gasteiger partial charge in [-0.1, -0.05) is 0 Å². The first-order valence-electron chi connectivity index (χ1n) is 3.03. The van der Waals surface area contributed by atoms with E-state index >= 15 is 0 Å². The van der Waals surface area contributed by atoms with Gasteiger partial charge in [-0.2, -0.15) is 12.9 Å². The predicted molar refractivity (Wildman–Crippen MR) is 75.6 cm³/mol. The fourth-order valence-electron chi connectivity index (χ4n) is 0.429. The molecule has 0 amide bonds. The zero-order chi connectivity index (χ0) is 14.1. The third kappa shape index (κ3) is 24.0. The fourth-order valence-corrected chi connectivity index (χ4v) is 4.40. The van der Waals surface area contributed by atoms with Gasteiger partial charge in [-0.15, -0.1) is 0 Å². The topological polar surface area (TPSA) is 217 Å². The summed E-state index contributed by atoms with van der Waals surface area (Å²) in [7, 11) is -22.6. The molecule has 0 saturated carbocycles. The molecule has 0 aromatic rings. The van der Waals surface area contributed by atoms with Gasteiger partial charge in [0.15, 0.2) is 0 Å². The molecule has 6 N–H and O–H groups in total. The molecule has 13 nitrogen and oxygen atoms in total. The van der Waals surface area contributed by atoms with Crippen molar-refractivity contribution in [3.8, 4) is 0 Å². The summed E-state index contributed by atoms with van der Waals surface area (Å²) in [6, 6.07) is 0. The van der Waals surface area contributed by atoms with Crippen molar-refractivity contribution in [2.24, 2.45) is 0 Å². The van der Waals surface area contributed by atoms with Gasteiger partial charge in [0.05, 0.1) is 0 Å². The first-order chi connectivity index (χ1) is 7.12. The van der Waals surface area contributed by atoms with Crippen LogP contribution in [0.25, 0.3) is 0 Å².